The monoisotopic (exact) mass is 534 g/mol. The number of para-hydroxylation sites is 2. The molecule has 0 aliphatic heterocycles. The zero-order valence-corrected chi connectivity index (χ0v) is 24.1. The summed E-state index contributed by atoms with van der Waals surface area (Å²) in [4.78, 5) is 0. The summed E-state index contributed by atoms with van der Waals surface area (Å²) in [7, 11) is 0. The van der Waals surface area contributed by atoms with E-state index in [4.69, 9.17) is 4.42 Å². The average molecular weight is 535 g/mol. The number of benzene rings is 3. The number of furan rings is 1. The van der Waals surface area contributed by atoms with Crippen molar-refractivity contribution in [2.24, 2.45) is 0 Å². The zero-order valence-electron chi connectivity index (χ0n) is 24.1. The van der Waals surface area contributed by atoms with Gasteiger partial charge in [-0.3, -0.25) is 0 Å². The number of nitrogens with zero attached hydrogens (tertiary/aromatic N) is 2. The predicted molar refractivity (Wildman–Crippen MR) is 174 cm³/mol. The Morgan fingerprint density at radius 2 is 1.61 bits per heavy atom. The first-order valence-electron chi connectivity index (χ1n) is 14.9. The standard InChI is InChI=1S/C38H34N2O/c1-5-11-32-25(4)28-13-6-8-15-33(28)39(32)26-18-19-36-30(21-26)31-22-27(20-24(3)38(31)41-36)40-34-16-9-7-14-29(34)37-23(2)12-10-17-35(37)40/h5-11,13-19,21-24H,12,20H2,1-4H3/b11-5-. The van der Waals surface area contributed by atoms with E-state index < -0.39 is 0 Å². The summed E-state index contributed by atoms with van der Waals surface area (Å²) < 4.78 is 11.5. The molecule has 0 saturated heterocycles. The molecule has 2 aliphatic rings. The van der Waals surface area contributed by atoms with E-state index in [1.165, 1.54) is 61.0 Å². The van der Waals surface area contributed by atoms with Crippen molar-refractivity contribution in [1.29, 1.82) is 0 Å². The first-order valence-corrected chi connectivity index (χ1v) is 14.9. The van der Waals surface area contributed by atoms with Gasteiger partial charge in [0.25, 0.3) is 0 Å². The molecule has 3 nitrogen and oxygen atoms in total. The predicted octanol–water partition coefficient (Wildman–Crippen LogP) is 10.7. The molecule has 8 rings (SSSR count). The fraction of sp³-hybridized carbons (Fsp3) is 0.211. The Morgan fingerprint density at radius 1 is 0.854 bits per heavy atom. The number of rotatable bonds is 3. The summed E-state index contributed by atoms with van der Waals surface area (Å²) >= 11 is 0. The molecule has 3 heterocycles. The molecule has 0 N–H and O–H groups in total. The van der Waals surface area contributed by atoms with E-state index in [9.17, 15) is 0 Å². The van der Waals surface area contributed by atoms with Gasteiger partial charge in [0, 0.05) is 50.4 Å². The molecule has 0 fully saturated rings. The van der Waals surface area contributed by atoms with Crippen molar-refractivity contribution in [3.63, 3.8) is 0 Å². The highest BCUT2D eigenvalue weighted by Gasteiger charge is 2.29. The smallest absolute Gasteiger partial charge is 0.135 e. The molecule has 41 heavy (non-hydrogen) atoms. The molecule has 3 aromatic heterocycles. The summed E-state index contributed by atoms with van der Waals surface area (Å²) in [6.07, 6.45) is 13.5. The van der Waals surface area contributed by atoms with Gasteiger partial charge in [0.05, 0.1) is 11.0 Å². The zero-order chi connectivity index (χ0) is 27.8. The Bertz CT molecular complexity index is 2110. The van der Waals surface area contributed by atoms with Crippen molar-refractivity contribution in [3.8, 4) is 5.69 Å². The third-order valence-electron chi connectivity index (χ3n) is 9.27. The maximum atomic E-state index is 6.56. The van der Waals surface area contributed by atoms with Crippen LogP contribution in [0.4, 0.5) is 0 Å². The van der Waals surface area contributed by atoms with Crippen LogP contribution in [0.25, 0.3) is 62.4 Å². The van der Waals surface area contributed by atoms with Gasteiger partial charge in [-0.15, -0.1) is 0 Å². The highest BCUT2D eigenvalue weighted by atomic mass is 16.3. The van der Waals surface area contributed by atoms with Crippen molar-refractivity contribution < 1.29 is 4.42 Å². The highest BCUT2D eigenvalue weighted by molar-refractivity contribution is 5.99. The Morgan fingerprint density at radius 3 is 2.41 bits per heavy atom. The first-order chi connectivity index (χ1) is 20.0. The average Bonchev–Trinajstić information content (AvgIpc) is 3.62. The van der Waals surface area contributed by atoms with Gasteiger partial charge in [-0.2, -0.15) is 0 Å². The van der Waals surface area contributed by atoms with Gasteiger partial charge in [0.2, 0.25) is 0 Å². The number of fused-ring (bicyclic) bond motifs is 7. The lowest BCUT2D eigenvalue weighted by molar-refractivity contribution is 0.503. The van der Waals surface area contributed by atoms with Crippen LogP contribution >= 0.6 is 0 Å². The van der Waals surface area contributed by atoms with Crippen molar-refractivity contribution in [2.45, 2.75) is 52.4 Å². The normalized spacial score (nSPS) is 18.5. The number of aryl methyl sites for hydroxylation is 1. The summed E-state index contributed by atoms with van der Waals surface area (Å²) in [5.41, 5.74) is 12.5. The molecular formula is C38H34N2O. The minimum atomic E-state index is 0.288. The first kappa shape index (κ1) is 24.3. The summed E-state index contributed by atoms with van der Waals surface area (Å²) in [6.45, 7) is 8.97. The molecular weight excluding hydrogens is 500 g/mol. The van der Waals surface area contributed by atoms with E-state index in [-0.39, 0.29) is 5.92 Å². The summed E-state index contributed by atoms with van der Waals surface area (Å²) in [6, 6.07) is 24.3. The van der Waals surface area contributed by atoms with E-state index in [2.05, 4.69) is 134 Å². The SMILES string of the molecule is C/C=C\c1c(C)c2ccccc2n1-c1ccc2oc3c(c2c1)C=C(n1c2c(c4ccccc41)C(C)CC=C2)CC3C. The van der Waals surface area contributed by atoms with E-state index in [1.54, 1.807) is 0 Å². The molecule has 3 heteroatoms. The maximum absolute atomic E-state index is 6.56. The summed E-state index contributed by atoms with van der Waals surface area (Å²) in [5.74, 6) is 1.90. The molecule has 2 aliphatic carbocycles. The maximum Gasteiger partial charge on any atom is 0.135 e. The fourth-order valence-electron chi connectivity index (χ4n) is 7.40. The van der Waals surface area contributed by atoms with Gasteiger partial charge in [0.1, 0.15) is 11.3 Å². The quantitative estimate of drug-likeness (QED) is 0.221. The van der Waals surface area contributed by atoms with Crippen LogP contribution < -0.4 is 0 Å². The van der Waals surface area contributed by atoms with Gasteiger partial charge in [-0.25, -0.2) is 0 Å². The molecule has 0 spiro atoms. The minimum absolute atomic E-state index is 0.288. The van der Waals surface area contributed by atoms with Gasteiger partial charge >= 0.3 is 0 Å². The molecule has 6 aromatic rings. The minimum Gasteiger partial charge on any atom is -0.460 e. The Hall–Kier alpha value is -4.50. The van der Waals surface area contributed by atoms with Crippen LogP contribution in [0.3, 0.4) is 0 Å². The van der Waals surface area contributed by atoms with Crippen LogP contribution in [0.1, 0.15) is 79.3 Å². The van der Waals surface area contributed by atoms with Gasteiger partial charge in [-0.05, 0) is 92.3 Å². The fourth-order valence-corrected chi connectivity index (χ4v) is 7.40. The Kier molecular flexibility index (Phi) is 5.34. The Labute approximate surface area is 240 Å². The topological polar surface area (TPSA) is 23.0 Å². The van der Waals surface area contributed by atoms with Crippen LogP contribution in [-0.2, 0) is 0 Å². The molecule has 3 aromatic carbocycles. The van der Waals surface area contributed by atoms with Gasteiger partial charge in [-0.1, -0.05) is 62.4 Å². The third-order valence-corrected chi connectivity index (χ3v) is 9.27. The van der Waals surface area contributed by atoms with Crippen LogP contribution in [0.2, 0.25) is 0 Å². The molecule has 0 radical (unpaired) electrons. The van der Waals surface area contributed by atoms with Crippen LogP contribution in [0.15, 0.2) is 83.3 Å². The number of hydrogen-bond acceptors (Lipinski definition) is 1. The van der Waals surface area contributed by atoms with Crippen LogP contribution in [0, 0.1) is 6.92 Å². The number of aromatic nitrogens is 2. The molecule has 0 bridgehead atoms. The van der Waals surface area contributed by atoms with Crippen molar-refractivity contribution in [1.82, 2.24) is 9.13 Å². The second-order valence-corrected chi connectivity index (χ2v) is 11.9. The lowest BCUT2D eigenvalue weighted by atomic mass is 9.90. The highest BCUT2D eigenvalue weighted by Crippen LogP contribution is 2.46. The van der Waals surface area contributed by atoms with E-state index in [1.807, 2.05) is 0 Å². The van der Waals surface area contributed by atoms with Crippen LogP contribution in [-0.4, -0.2) is 9.13 Å². The van der Waals surface area contributed by atoms with Gasteiger partial charge in [0.15, 0.2) is 0 Å². The largest absolute Gasteiger partial charge is 0.460 e. The lowest BCUT2D eigenvalue weighted by Gasteiger charge is -2.23. The molecule has 202 valence electrons. The van der Waals surface area contributed by atoms with E-state index in [0.29, 0.717) is 5.92 Å². The number of hydrogen-bond donors (Lipinski definition) is 0. The lowest BCUT2D eigenvalue weighted by Crippen LogP contribution is -2.09. The molecule has 0 saturated carbocycles. The molecule has 2 atom stereocenters. The van der Waals surface area contributed by atoms with Gasteiger partial charge < -0.3 is 13.6 Å². The Balaban J connectivity index is 1.37. The second-order valence-electron chi connectivity index (χ2n) is 11.9. The van der Waals surface area contributed by atoms with Crippen molar-refractivity contribution >= 4 is 56.7 Å². The van der Waals surface area contributed by atoms with E-state index in [0.717, 1.165) is 29.9 Å². The molecule has 0 amide bonds. The van der Waals surface area contributed by atoms with E-state index >= 15 is 0 Å². The third kappa shape index (κ3) is 3.45. The summed E-state index contributed by atoms with van der Waals surface area (Å²) in [5, 5.41) is 3.85. The number of allylic oxidation sites excluding steroid dienone is 3. The van der Waals surface area contributed by atoms with Crippen LogP contribution in [0.5, 0.6) is 0 Å². The van der Waals surface area contributed by atoms with Crippen molar-refractivity contribution in [3.05, 3.63) is 113 Å². The second kappa shape index (κ2) is 9.01. The van der Waals surface area contributed by atoms with Crippen molar-refractivity contribution in [2.75, 3.05) is 0 Å². The molecule has 2 unspecified atom stereocenters.